The molecule has 0 atom stereocenters. The van der Waals surface area contributed by atoms with E-state index >= 15 is 0 Å². The van der Waals surface area contributed by atoms with Gasteiger partial charge in [0.15, 0.2) is 0 Å². The van der Waals surface area contributed by atoms with Gasteiger partial charge in [-0.3, -0.25) is 0 Å². The highest BCUT2D eigenvalue weighted by molar-refractivity contribution is 8.00. The molecule has 560 valence electrons. The Bertz CT molecular complexity index is 6780. The van der Waals surface area contributed by atoms with Crippen molar-refractivity contribution in [3.05, 3.63) is 413 Å². The van der Waals surface area contributed by atoms with Crippen LogP contribution in [0.4, 0.5) is 119 Å². The first-order valence-electron chi connectivity index (χ1n) is 41.0. The molecule has 6 aliphatic heterocycles. The van der Waals surface area contributed by atoms with E-state index in [1.165, 1.54) is 66.9 Å². The van der Waals surface area contributed by atoms with E-state index in [1.807, 2.05) is 34.4 Å². The third-order valence-electron chi connectivity index (χ3n) is 24.7. The molecule has 120 heavy (non-hydrogen) atoms. The smallest absolute Gasteiger partial charge is 0.268 e. The quantitative estimate of drug-likeness (QED) is 0.105. The number of thiophene rings is 2. The summed E-state index contributed by atoms with van der Waals surface area (Å²) in [7, 11) is 0. The third kappa shape index (κ3) is 10.7. The Kier molecular flexibility index (Phi) is 15.8. The summed E-state index contributed by atoms with van der Waals surface area (Å²) in [5.41, 5.74) is 31.0. The van der Waals surface area contributed by atoms with Gasteiger partial charge in [-0.1, -0.05) is 236 Å². The Hall–Kier alpha value is -14.4. The van der Waals surface area contributed by atoms with Gasteiger partial charge in [0.1, 0.15) is 11.5 Å². The molecule has 8 heterocycles. The first kappa shape index (κ1) is 68.8. The molecule has 0 aliphatic carbocycles. The molecule has 14 heteroatoms. The van der Waals surface area contributed by atoms with Crippen LogP contribution >= 0.6 is 34.4 Å². The summed E-state index contributed by atoms with van der Waals surface area (Å²) in [5.74, 6) is 1.74. The molecule has 2 aromatic heterocycles. The summed E-state index contributed by atoms with van der Waals surface area (Å²) in [4.78, 5) is 20.2. The van der Waals surface area contributed by atoms with Crippen molar-refractivity contribution in [2.45, 2.75) is 9.79 Å². The molecule has 8 nitrogen and oxygen atoms in total. The van der Waals surface area contributed by atoms with Gasteiger partial charge in [0.2, 0.25) is 0 Å². The first-order chi connectivity index (χ1) is 59.6. The minimum atomic E-state index is -0.356. The van der Waals surface area contributed by atoms with E-state index in [4.69, 9.17) is 4.74 Å². The van der Waals surface area contributed by atoms with Crippen LogP contribution in [0.3, 0.4) is 0 Å². The summed E-state index contributed by atoms with van der Waals surface area (Å²) in [6.07, 6.45) is 0. The molecule has 0 amide bonds. The molecule has 0 unspecified atom stereocenters. The normalized spacial score (nSPS) is 13.2. The molecule has 0 N–H and O–H groups in total. The zero-order valence-electron chi connectivity index (χ0n) is 64.8. The second-order valence-electron chi connectivity index (χ2n) is 31.4. The average molecular weight is 1580 g/mol. The second-order valence-corrected chi connectivity index (χ2v) is 34.6. The standard InChI is InChI=1S/C106H68B3N7OS3/c1-11-35-69(36-12-1)110(70-37-13-2-14-38-70)79-59-92-100-93(60-79)114(76-49-25-8-26-50-76)89-68-91-87(109-102-95(116(91)78-53-29-10-30-54-78)62-81(112(73-43-19-5-20-44-73)74-45-21-6-22-46-74)64-99(102)118-104-83-56-32-34-58-98(83)120-106(104)109)66-85(89)107(100)84-65-86-90(67-88(84)113(92)75-47-23-7-24-48-75)115(77-51-27-9-28-52-77)94-61-80(111(71-39-15-3-16-40-71)72-41-17-4-18-42-72)63-96-101(94)108(86)105-103(117-96)82-55-31-33-57-97(82)119-105/h1-68H. The van der Waals surface area contributed by atoms with E-state index in [2.05, 4.69) is 447 Å². The molecule has 0 spiro atoms. The zero-order valence-corrected chi connectivity index (χ0v) is 67.2. The fourth-order valence-corrected chi connectivity index (χ4v) is 23.9. The molecule has 0 bridgehead atoms. The van der Waals surface area contributed by atoms with Gasteiger partial charge in [-0.25, -0.2) is 0 Å². The maximum atomic E-state index is 7.72. The van der Waals surface area contributed by atoms with Gasteiger partial charge in [-0.05, 0) is 225 Å². The Morgan fingerprint density at radius 2 is 0.533 bits per heavy atom. The fourth-order valence-electron chi connectivity index (χ4n) is 19.9. The van der Waals surface area contributed by atoms with Gasteiger partial charge in [0, 0.05) is 149 Å². The maximum Gasteiger partial charge on any atom is 0.268 e. The summed E-state index contributed by atoms with van der Waals surface area (Å²) in [6.45, 7) is -0.785. The van der Waals surface area contributed by atoms with Crippen molar-refractivity contribution in [2.75, 3.05) is 34.3 Å². The topological polar surface area (TPSA) is 31.9 Å². The zero-order chi connectivity index (χ0) is 78.6. The first-order valence-corrected chi connectivity index (χ1v) is 43.4. The van der Waals surface area contributed by atoms with Crippen LogP contribution in [0.5, 0.6) is 11.5 Å². The number of rotatable bonds is 13. The molecule has 0 fully saturated rings. The lowest BCUT2D eigenvalue weighted by molar-refractivity contribution is 0.495. The predicted molar refractivity (Wildman–Crippen MR) is 511 cm³/mol. The van der Waals surface area contributed by atoms with Crippen LogP contribution in [0.2, 0.25) is 0 Å². The number of fused-ring (bicyclic) bond motifs is 16. The minimum Gasteiger partial charge on any atom is -0.457 e. The third-order valence-corrected chi connectivity index (χ3v) is 28.5. The monoisotopic (exact) mass is 1580 g/mol. The Morgan fingerprint density at radius 3 is 0.933 bits per heavy atom. The van der Waals surface area contributed by atoms with Crippen LogP contribution in [0, 0.1) is 0 Å². The van der Waals surface area contributed by atoms with Crippen molar-refractivity contribution in [2.24, 2.45) is 0 Å². The Morgan fingerprint density at radius 1 is 0.233 bits per heavy atom. The summed E-state index contributed by atoms with van der Waals surface area (Å²) < 4.78 is 12.7. The molecule has 0 saturated heterocycles. The lowest BCUT2D eigenvalue weighted by atomic mass is 9.30. The number of hydrogen-bond acceptors (Lipinski definition) is 11. The number of anilines is 21. The van der Waals surface area contributed by atoms with Crippen LogP contribution in [0.25, 0.3) is 20.2 Å². The molecule has 0 radical (unpaired) electrons. The predicted octanol–water partition coefficient (Wildman–Crippen LogP) is 23.8. The number of hydrogen-bond donors (Lipinski definition) is 0. The number of benzene rings is 17. The second kappa shape index (κ2) is 27.6. The molecule has 17 aromatic carbocycles. The van der Waals surface area contributed by atoms with Crippen molar-refractivity contribution < 1.29 is 4.74 Å². The van der Waals surface area contributed by atoms with Crippen LogP contribution in [0.1, 0.15) is 0 Å². The van der Waals surface area contributed by atoms with E-state index < -0.39 is 0 Å². The fraction of sp³-hybridized carbons (Fsp3) is 0. The average Bonchev–Trinajstić information content (AvgIpc) is 1.10. The van der Waals surface area contributed by atoms with E-state index in [0.29, 0.717) is 0 Å². The molecular weight excluding hydrogens is 1520 g/mol. The SMILES string of the molecule is c1ccc(N(c2ccccc2)c2cc3c4c(c2)N(c2ccccc2)c2cc5c(cc2B4c2sc4ccccc4c2O3)B2c3cc4c(cc3N(c3ccccc3)c3cc(N(c6ccccc6)c6ccccc6)cc(c32)N5c2ccccc2)N(c2ccccc2)c2cc(N(c3ccccc3)c3ccccc3)cc3c2B4c2sc4ccccc4c2S3)cc1. The number of para-hydroxylation sites is 10. The summed E-state index contributed by atoms with van der Waals surface area (Å²) in [6, 6.07) is 153. The molecular formula is C106H68B3N7OS3. The van der Waals surface area contributed by atoms with E-state index in [0.717, 1.165) is 142 Å². The van der Waals surface area contributed by atoms with Gasteiger partial charge in [0.05, 0.1) is 11.4 Å². The molecule has 6 aliphatic rings. The van der Waals surface area contributed by atoms with E-state index in [1.54, 1.807) is 0 Å². The largest absolute Gasteiger partial charge is 0.457 e. The number of nitrogens with zero attached hydrogens (tertiary/aromatic N) is 7. The lowest BCUT2D eigenvalue weighted by Gasteiger charge is -2.47. The highest BCUT2D eigenvalue weighted by Gasteiger charge is 2.52. The lowest BCUT2D eigenvalue weighted by Crippen LogP contribution is -2.66. The number of ether oxygens (including phenoxy) is 1. The van der Waals surface area contributed by atoms with Crippen molar-refractivity contribution in [3.8, 4) is 11.5 Å². The van der Waals surface area contributed by atoms with Gasteiger partial charge >= 0.3 is 0 Å². The van der Waals surface area contributed by atoms with Crippen LogP contribution < -0.4 is 86.8 Å². The van der Waals surface area contributed by atoms with Gasteiger partial charge in [-0.15, -0.1) is 22.7 Å². The van der Waals surface area contributed by atoms with Crippen molar-refractivity contribution in [1.29, 1.82) is 0 Å². The van der Waals surface area contributed by atoms with Crippen molar-refractivity contribution in [3.63, 3.8) is 0 Å². The maximum absolute atomic E-state index is 7.72. The van der Waals surface area contributed by atoms with Crippen molar-refractivity contribution >= 4 is 242 Å². The van der Waals surface area contributed by atoms with Crippen LogP contribution in [0.15, 0.2) is 422 Å². The van der Waals surface area contributed by atoms with Gasteiger partial charge < -0.3 is 39.0 Å². The summed E-state index contributed by atoms with van der Waals surface area (Å²) >= 11 is 5.76. The Balaban J connectivity index is 0.817. The van der Waals surface area contributed by atoms with Gasteiger partial charge in [0.25, 0.3) is 20.1 Å². The van der Waals surface area contributed by atoms with Crippen LogP contribution in [-0.4, -0.2) is 20.1 Å². The van der Waals surface area contributed by atoms with Gasteiger partial charge in [-0.2, -0.15) is 0 Å². The summed E-state index contributed by atoms with van der Waals surface area (Å²) in [5, 5.41) is 2.40. The molecule has 19 aromatic rings. The highest BCUT2D eigenvalue weighted by Crippen LogP contribution is 2.55. The van der Waals surface area contributed by atoms with E-state index in [-0.39, 0.29) is 20.1 Å². The molecule has 0 saturated carbocycles. The molecule has 25 rings (SSSR count). The van der Waals surface area contributed by atoms with Crippen molar-refractivity contribution in [1.82, 2.24) is 0 Å². The highest BCUT2D eigenvalue weighted by atomic mass is 32.2. The minimum absolute atomic E-state index is 0.168. The van der Waals surface area contributed by atoms with E-state index in [9.17, 15) is 0 Å². The van der Waals surface area contributed by atoms with Crippen LogP contribution in [-0.2, 0) is 0 Å². The Labute approximate surface area is 709 Å².